The third kappa shape index (κ3) is 2.65. The fraction of sp³-hybridized carbons (Fsp3) is 0.714. The molecule has 2 N–H and O–H groups in total. The third-order valence-corrected chi connectivity index (χ3v) is 3.53. The summed E-state index contributed by atoms with van der Waals surface area (Å²) in [5.74, 6) is -0.0619. The van der Waals surface area contributed by atoms with Crippen LogP contribution in [0.3, 0.4) is 0 Å². The molecule has 1 unspecified atom stereocenters. The average Bonchev–Trinajstić information content (AvgIpc) is 2.62. The number of morpholine rings is 1. The van der Waals surface area contributed by atoms with Gasteiger partial charge in [0.15, 0.2) is 0 Å². The first kappa shape index (κ1) is 14.8. The van der Waals surface area contributed by atoms with Crippen molar-refractivity contribution in [3.05, 3.63) is 11.4 Å². The van der Waals surface area contributed by atoms with Crippen LogP contribution in [0.4, 0.5) is 5.69 Å². The summed E-state index contributed by atoms with van der Waals surface area (Å²) in [5.41, 5.74) is 7.37. The van der Waals surface area contributed by atoms with Crippen LogP contribution in [0.2, 0.25) is 0 Å². The highest BCUT2D eigenvalue weighted by Crippen LogP contribution is 2.25. The molecule has 0 spiro atoms. The monoisotopic (exact) mass is 280 g/mol. The molecule has 1 fully saturated rings. The number of hydrogen-bond donors (Lipinski definition) is 1. The van der Waals surface area contributed by atoms with Crippen molar-refractivity contribution in [3.8, 4) is 0 Å². The number of aryl methyl sites for hydroxylation is 2. The lowest BCUT2D eigenvalue weighted by Gasteiger charge is -2.41. The Morgan fingerprint density at radius 1 is 1.55 bits per heavy atom. The van der Waals surface area contributed by atoms with Gasteiger partial charge in [0.2, 0.25) is 0 Å². The van der Waals surface area contributed by atoms with Crippen LogP contribution in [0.1, 0.15) is 43.9 Å². The molecule has 1 aromatic heterocycles. The molecule has 0 radical (unpaired) electrons. The first-order valence-electron chi connectivity index (χ1n) is 7.05. The van der Waals surface area contributed by atoms with Crippen LogP contribution in [0.15, 0.2) is 0 Å². The smallest absolute Gasteiger partial charge is 0.274 e. The molecular formula is C14H24N4O2. The Hall–Kier alpha value is -1.56. The Labute approximate surface area is 119 Å². The van der Waals surface area contributed by atoms with Crippen LogP contribution < -0.4 is 5.73 Å². The maximum atomic E-state index is 12.8. The van der Waals surface area contributed by atoms with Gasteiger partial charge in [-0.15, -0.1) is 0 Å². The van der Waals surface area contributed by atoms with E-state index >= 15 is 0 Å². The summed E-state index contributed by atoms with van der Waals surface area (Å²) in [6.45, 7) is 11.5. The van der Waals surface area contributed by atoms with Gasteiger partial charge < -0.3 is 15.4 Å². The summed E-state index contributed by atoms with van der Waals surface area (Å²) in [5, 5.41) is 4.31. The van der Waals surface area contributed by atoms with Crippen molar-refractivity contribution >= 4 is 11.6 Å². The molecule has 6 nitrogen and oxygen atoms in total. The summed E-state index contributed by atoms with van der Waals surface area (Å²) in [4.78, 5) is 14.6. The molecule has 20 heavy (non-hydrogen) atoms. The van der Waals surface area contributed by atoms with E-state index in [0.717, 1.165) is 0 Å². The molecule has 1 aromatic rings. The first-order chi connectivity index (χ1) is 9.25. The number of nitrogens with zero attached hydrogens (tertiary/aromatic N) is 3. The number of nitrogen functional groups attached to an aromatic ring is 1. The van der Waals surface area contributed by atoms with E-state index in [2.05, 4.69) is 5.10 Å². The summed E-state index contributed by atoms with van der Waals surface area (Å²) in [6.07, 6.45) is 0.0167. The zero-order valence-electron chi connectivity index (χ0n) is 12.9. The van der Waals surface area contributed by atoms with Crippen LogP contribution in [0.25, 0.3) is 0 Å². The predicted molar refractivity (Wildman–Crippen MR) is 77.6 cm³/mol. The number of amides is 1. The number of carbonyl (C=O) groups excluding carboxylic acids is 1. The topological polar surface area (TPSA) is 73.4 Å². The normalized spacial score (nSPS) is 22.1. The van der Waals surface area contributed by atoms with Crippen LogP contribution in [-0.2, 0) is 11.3 Å². The van der Waals surface area contributed by atoms with Crippen LogP contribution in [-0.4, -0.2) is 45.4 Å². The van der Waals surface area contributed by atoms with Crippen molar-refractivity contribution in [1.29, 1.82) is 0 Å². The van der Waals surface area contributed by atoms with Crippen LogP contribution in [0.5, 0.6) is 0 Å². The maximum Gasteiger partial charge on any atom is 0.274 e. The zero-order chi connectivity index (χ0) is 15.1. The lowest BCUT2D eigenvalue weighted by molar-refractivity contribution is -0.119. The van der Waals surface area contributed by atoms with Crippen molar-refractivity contribution in [2.24, 2.45) is 0 Å². The molecule has 2 rings (SSSR count). The number of carbonyl (C=O) groups is 1. The number of aromatic nitrogens is 2. The van der Waals surface area contributed by atoms with Gasteiger partial charge in [0, 0.05) is 19.6 Å². The van der Waals surface area contributed by atoms with E-state index < -0.39 is 0 Å². The van der Waals surface area contributed by atoms with Gasteiger partial charge in [0.05, 0.1) is 23.1 Å². The molecule has 1 amide bonds. The molecule has 112 valence electrons. The lowest BCUT2D eigenvalue weighted by atomic mass is 10.0. The van der Waals surface area contributed by atoms with E-state index in [-0.39, 0.29) is 17.6 Å². The van der Waals surface area contributed by atoms with E-state index in [4.69, 9.17) is 10.5 Å². The maximum absolute atomic E-state index is 12.8. The molecule has 1 atom stereocenters. The third-order valence-electron chi connectivity index (χ3n) is 3.53. The minimum atomic E-state index is -0.339. The predicted octanol–water partition coefficient (Wildman–Crippen LogP) is 1.43. The molecule has 0 bridgehead atoms. The number of rotatable bonds is 2. The summed E-state index contributed by atoms with van der Waals surface area (Å²) in [7, 11) is 0. The SMILES string of the molecule is CCn1nc(C)c(N)c1C(=O)N1CC(C)OC(C)(C)C1. The highest BCUT2D eigenvalue weighted by Gasteiger charge is 2.35. The Morgan fingerprint density at radius 2 is 2.20 bits per heavy atom. The molecule has 1 aliphatic heterocycles. The number of hydrogen-bond acceptors (Lipinski definition) is 4. The lowest BCUT2D eigenvalue weighted by Crippen LogP contribution is -2.54. The Bertz CT molecular complexity index is 521. The first-order valence-corrected chi connectivity index (χ1v) is 7.05. The highest BCUT2D eigenvalue weighted by atomic mass is 16.5. The molecule has 6 heteroatoms. The Balaban J connectivity index is 2.32. The molecule has 2 heterocycles. The summed E-state index contributed by atoms with van der Waals surface area (Å²) < 4.78 is 7.52. The van der Waals surface area contributed by atoms with Gasteiger partial charge in [-0.3, -0.25) is 9.48 Å². The second-order valence-electron chi connectivity index (χ2n) is 6.04. The average molecular weight is 280 g/mol. The van der Waals surface area contributed by atoms with Gasteiger partial charge in [-0.25, -0.2) is 0 Å². The fourth-order valence-electron chi connectivity index (χ4n) is 2.81. The Morgan fingerprint density at radius 3 is 2.75 bits per heavy atom. The number of nitrogens with two attached hydrogens (primary N) is 1. The van der Waals surface area contributed by atoms with E-state index in [1.54, 1.807) is 4.68 Å². The van der Waals surface area contributed by atoms with E-state index in [1.165, 1.54) is 0 Å². The van der Waals surface area contributed by atoms with Crippen molar-refractivity contribution in [1.82, 2.24) is 14.7 Å². The molecule has 0 aromatic carbocycles. The fourth-order valence-corrected chi connectivity index (χ4v) is 2.81. The van der Waals surface area contributed by atoms with Gasteiger partial charge in [-0.1, -0.05) is 0 Å². The second kappa shape index (κ2) is 5.09. The zero-order valence-corrected chi connectivity index (χ0v) is 12.9. The standard InChI is InChI=1S/C14H24N4O2/c1-6-18-12(11(15)10(3)16-18)13(19)17-7-9(2)20-14(4,5)8-17/h9H,6-8,15H2,1-5H3. The van der Waals surface area contributed by atoms with Crippen molar-refractivity contribution in [3.63, 3.8) is 0 Å². The Kier molecular flexibility index (Phi) is 3.77. The molecule has 1 aliphatic rings. The quantitative estimate of drug-likeness (QED) is 0.889. The molecule has 0 aliphatic carbocycles. The van der Waals surface area contributed by atoms with E-state index in [9.17, 15) is 4.79 Å². The molecular weight excluding hydrogens is 256 g/mol. The number of anilines is 1. The minimum absolute atomic E-state index is 0.0167. The van der Waals surface area contributed by atoms with Crippen molar-refractivity contribution in [2.75, 3.05) is 18.8 Å². The molecule has 1 saturated heterocycles. The van der Waals surface area contributed by atoms with Gasteiger partial charge in [-0.05, 0) is 34.6 Å². The van der Waals surface area contributed by atoms with E-state index in [1.807, 2.05) is 39.5 Å². The van der Waals surface area contributed by atoms with Gasteiger partial charge in [-0.2, -0.15) is 5.10 Å². The van der Waals surface area contributed by atoms with Crippen LogP contribution >= 0.6 is 0 Å². The highest BCUT2D eigenvalue weighted by molar-refractivity contribution is 5.98. The summed E-state index contributed by atoms with van der Waals surface area (Å²) >= 11 is 0. The van der Waals surface area contributed by atoms with Gasteiger partial charge >= 0.3 is 0 Å². The minimum Gasteiger partial charge on any atom is -0.395 e. The van der Waals surface area contributed by atoms with Crippen LogP contribution in [0, 0.1) is 6.92 Å². The van der Waals surface area contributed by atoms with Crippen molar-refractivity contribution in [2.45, 2.75) is 52.9 Å². The van der Waals surface area contributed by atoms with Gasteiger partial charge in [0.1, 0.15) is 5.69 Å². The summed E-state index contributed by atoms with van der Waals surface area (Å²) in [6, 6.07) is 0. The van der Waals surface area contributed by atoms with Gasteiger partial charge in [0.25, 0.3) is 5.91 Å². The van der Waals surface area contributed by atoms with E-state index in [0.29, 0.717) is 36.7 Å². The molecule has 0 saturated carbocycles. The number of ether oxygens (including phenoxy) is 1. The van der Waals surface area contributed by atoms with Crippen molar-refractivity contribution < 1.29 is 9.53 Å². The second-order valence-corrected chi connectivity index (χ2v) is 6.04. The largest absolute Gasteiger partial charge is 0.395 e.